The summed E-state index contributed by atoms with van der Waals surface area (Å²) < 4.78 is 15.3. The summed E-state index contributed by atoms with van der Waals surface area (Å²) in [6.07, 6.45) is 1.95. The van der Waals surface area contributed by atoms with Crippen molar-refractivity contribution in [3.8, 4) is 0 Å². The van der Waals surface area contributed by atoms with Gasteiger partial charge in [-0.3, -0.25) is 4.79 Å². The molecule has 3 aromatic rings. The van der Waals surface area contributed by atoms with Crippen LogP contribution < -0.4 is 5.32 Å². The third-order valence-electron chi connectivity index (χ3n) is 4.63. The largest absolute Gasteiger partial charge is 0.346 e. The molecule has 4 rings (SSSR count). The monoisotopic (exact) mass is 337 g/mol. The van der Waals surface area contributed by atoms with Crippen molar-refractivity contribution in [1.29, 1.82) is 0 Å². The highest BCUT2D eigenvalue weighted by Gasteiger charge is 2.31. The highest BCUT2D eigenvalue weighted by atomic mass is 19.1. The first-order chi connectivity index (χ1) is 12.1. The predicted molar refractivity (Wildman–Crippen MR) is 94.5 cm³/mol. The first kappa shape index (κ1) is 15.8. The van der Waals surface area contributed by atoms with Crippen LogP contribution in [0, 0.1) is 11.7 Å². The summed E-state index contributed by atoms with van der Waals surface area (Å²) in [6, 6.07) is 14.2. The average molecular weight is 337 g/mol. The Hall–Kier alpha value is -2.69. The van der Waals surface area contributed by atoms with E-state index in [0.29, 0.717) is 6.54 Å². The van der Waals surface area contributed by atoms with Crippen LogP contribution in [0.25, 0.3) is 11.0 Å². The lowest BCUT2D eigenvalue weighted by Gasteiger charge is -2.16. The van der Waals surface area contributed by atoms with Gasteiger partial charge in [0, 0.05) is 12.5 Å². The third kappa shape index (κ3) is 3.27. The molecule has 0 saturated heterocycles. The molecule has 4 nitrogen and oxygen atoms in total. The SMILES string of the molecule is CC(NC(=O)C1CC1)c1nc2ccccc2n1Cc1ccc(F)cc1. The van der Waals surface area contributed by atoms with E-state index in [9.17, 15) is 9.18 Å². The lowest BCUT2D eigenvalue weighted by atomic mass is 10.2. The second-order valence-corrected chi connectivity index (χ2v) is 6.68. The van der Waals surface area contributed by atoms with Gasteiger partial charge in [0.25, 0.3) is 0 Å². The lowest BCUT2D eigenvalue weighted by molar-refractivity contribution is -0.123. The molecule has 1 N–H and O–H groups in total. The Kier molecular flexibility index (Phi) is 3.99. The van der Waals surface area contributed by atoms with Crippen LogP contribution in [-0.2, 0) is 11.3 Å². The van der Waals surface area contributed by atoms with Crippen molar-refractivity contribution in [2.24, 2.45) is 5.92 Å². The predicted octanol–water partition coefficient (Wildman–Crippen LogP) is 3.81. The Morgan fingerprint density at radius 3 is 2.68 bits per heavy atom. The summed E-state index contributed by atoms with van der Waals surface area (Å²) in [4.78, 5) is 16.9. The average Bonchev–Trinajstić information content (AvgIpc) is 3.40. The number of hydrogen-bond acceptors (Lipinski definition) is 2. The van der Waals surface area contributed by atoms with Crippen LogP contribution in [0.15, 0.2) is 48.5 Å². The number of aromatic nitrogens is 2. The van der Waals surface area contributed by atoms with E-state index in [-0.39, 0.29) is 23.7 Å². The van der Waals surface area contributed by atoms with E-state index in [0.717, 1.165) is 35.3 Å². The van der Waals surface area contributed by atoms with E-state index in [1.165, 1.54) is 12.1 Å². The summed E-state index contributed by atoms with van der Waals surface area (Å²) in [5, 5.41) is 3.07. The number of rotatable bonds is 5. The maximum atomic E-state index is 13.2. The molecule has 128 valence electrons. The second kappa shape index (κ2) is 6.31. The molecule has 1 unspecified atom stereocenters. The van der Waals surface area contributed by atoms with Gasteiger partial charge in [0.2, 0.25) is 5.91 Å². The van der Waals surface area contributed by atoms with E-state index in [1.807, 2.05) is 31.2 Å². The maximum Gasteiger partial charge on any atom is 0.223 e. The Morgan fingerprint density at radius 1 is 1.24 bits per heavy atom. The molecular formula is C20H20FN3O. The molecule has 25 heavy (non-hydrogen) atoms. The summed E-state index contributed by atoms with van der Waals surface area (Å²) in [7, 11) is 0. The van der Waals surface area contributed by atoms with Crippen molar-refractivity contribution < 1.29 is 9.18 Å². The molecule has 1 aromatic heterocycles. The summed E-state index contributed by atoms with van der Waals surface area (Å²) in [5.41, 5.74) is 2.90. The van der Waals surface area contributed by atoms with E-state index < -0.39 is 0 Å². The number of benzene rings is 2. The molecule has 1 fully saturated rings. The van der Waals surface area contributed by atoms with Gasteiger partial charge in [-0.15, -0.1) is 0 Å². The van der Waals surface area contributed by atoms with Crippen molar-refractivity contribution in [1.82, 2.24) is 14.9 Å². The van der Waals surface area contributed by atoms with Crippen LogP contribution in [0.2, 0.25) is 0 Å². The molecule has 0 aliphatic heterocycles. The van der Waals surface area contributed by atoms with Crippen LogP contribution in [0.1, 0.15) is 37.2 Å². The minimum absolute atomic E-state index is 0.105. The highest BCUT2D eigenvalue weighted by molar-refractivity contribution is 5.81. The molecule has 2 aromatic carbocycles. The molecule has 0 radical (unpaired) electrons. The number of nitrogens with one attached hydrogen (secondary N) is 1. The van der Waals surface area contributed by atoms with Gasteiger partial charge in [-0.25, -0.2) is 9.37 Å². The fourth-order valence-corrected chi connectivity index (χ4v) is 3.10. The van der Waals surface area contributed by atoms with Gasteiger partial charge < -0.3 is 9.88 Å². The van der Waals surface area contributed by atoms with Crippen LogP contribution in [0.5, 0.6) is 0 Å². The molecule has 1 aliphatic rings. The quantitative estimate of drug-likeness (QED) is 0.769. The Balaban J connectivity index is 1.69. The van der Waals surface area contributed by atoms with Crippen LogP contribution in [0.4, 0.5) is 4.39 Å². The molecule has 1 aliphatic carbocycles. The van der Waals surface area contributed by atoms with E-state index in [2.05, 4.69) is 9.88 Å². The van der Waals surface area contributed by atoms with E-state index >= 15 is 0 Å². The normalized spacial score (nSPS) is 15.3. The number of nitrogens with zero attached hydrogens (tertiary/aromatic N) is 2. The van der Waals surface area contributed by atoms with Crippen molar-refractivity contribution in [3.05, 3.63) is 65.7 Å². The number of carbonyl (C=O) groups is 1. The zero-order valence-electron chi connectivity index (χ0n) is 14.1. The second-order valence-electron chi connectivity index (χ2n) is 6.68. The fourth-order valence-electron chi connectivity index (χ4n) is 3.10. The van der Waals surface area contributed by atoms with Gasteiger partial charge >= 0.3 is 0 Å². The number of halogens is 1. The number of carbonyl (C=O) groups excluding carboxylic acids is 1. The molecule has 1 amide bonds. The Morgan fingerprint density at radius 2 is 1.96 bits per heavy atom. The summed E-state index contributed by atoms with van der Waals surface area (Å²) in [6.45, 7) is 2.54. The summed E-state index contributed by atoms with van der Waals surface area (Å²) >= 11 is 0. The zero-order valence-corrected chi connectivity index (χ0v) is 14.1. The number of para-hydroxylation sites is 2. The first-order valence-electron chi connectivity index (χ1n) is 8.62. The van der Waals surface area contributed by atoms with Gasteiger partial charge in [0.05, 0.1) is 17.1 Å². The smallest absolute Gasteiger partial charge is 0.223 e. The van der Waals surface area contributed by atoms with Crippen LogP contribution in [0.3, 0.4) is 0 Å². The Labute approximate surface area is 145 Å². The third-order valence-corrected chi connectivity index (χ3v) is 4.63. The summed E-state index contributed by atoms with van der Waals surface area (Å²) in [5.74, 6) is 0.842. The van der Waals surface area contributed by atoms with Crippen molar-refractivity contribution in [2.75, 3.05) is 0 Å². The van der Waals surface area contributed by atoms with Crippen LogP contribution in [-0.4, -0.2) is 15.5 Å². The van der Waals surface area contributed by atoms with Crippen molar-refractivity contribution in [3.63, 3.8) is 0 Å². The zero-order chi connectivity index (χ0) is 17.4. The maximum absolute atomic E-state index is 13.2. The fraction of sp³-hybridized carbons (Fsp3) is 0.300. The number of amides is 1. The standard InChI is InChI=1S/C20H20FN3O/c1-13(22-20(25)15-8-9-15)19-23-17-4-2-3-5-18(17)24(19)12-14-6-10-16(21)11-7-14/h2-7,10-11,13,15H,8-9,12H2,1H3,(H,22,25). The minimum Gasteiger partial charge on any atom is -0.346 e. The molecule has 5 heteroatoms. The molecule has 1 heterocycles. The lowest BCUT2D eigenvalue weighted by Crippen LogP contribution is -2.29. The van der Waals surface area contributed by atoms with Gasteiger partial charge in [-0.2, -0.15) is 0 Å². The number of fused-ring (bicyclic) bond motifs is 1. The highest BCUT2D eigenvalue weighted by Crippen LogP contribution is 2.30. The van der Waals surface area contributed by atoms with E-state index in [1.54, 1.807) is 12.1 Å². The van der Waals surface area contributed by atoms with Gasteiger partial charge in [0.15, 0.2) is 0 Å². The minimum atomic E-state index is -0.246. The topological polar surface area (TPSA) is 46.9 Å². The molecular weight excluding hydrogens is 317 g/mol. The molecule has 1 saturated carbocycles. The molecule has 0 spiro atoms. The molecule has 0 bridgehead atoms. The number of imidazole rings is 1. The first-order valence-corrected chi connectivity index (χ1v) is 8.62. The van der Waals surface area contributed by atoms with Crippen LogP contribution >= 0.6 is 0 Å². The Bertz CT molecular complexity index is 912. The van der Waals surface area contributed by atoms with E-state index in [4.69, 9.17) is 4.98 Å². The van der Waals surface area contributed by atoms with Gasteiger partial charge in [-0.1, -0.05) is 24.3 Å². The number of hydrogen-bond donors (Lipinski definition) is 1. The molecule has 1 atom stereocenters. The van der Waals surface area contributed by atoms with Gasteiger partial charge in [0.1, 0.15) is 11.6 Å². The van der Waals surface area contributed by atoms with Gasteiger partial charge in [-0.05, 0) is 49.6 Å². The van der Waals surface area contributed by atoms with Crippen molar-refractivity contribution in [2.45, 2.75) is 32.4 Å². The van der Waals surface area contributed by atoms with Crippen molar-refractivity contribution >= 4 is 16.9 Å².